The van der Waals surface area contributed by atoms with Crippen LogP contribution in [-0.4, -0.2) is 0 Å². The third-order valence-corrected chi connectivity index (χ3v) is 4.23. The Labute approximate surface area is 112 Å². The van der Waals surface area contributed by atoms with Crippen molar-refractivity contribution in [3.05, 3.63) is 47.5 Å². The zero-order valence-corrected chi connectivity index (χ0v) is 11.9. The fraction of sp³-hybridized carbons (Fsp3) is 0.556. The Morgan fingerprint density at radius 3 is 2.28 bits per heavy atom. The van der Waals surface area contributed by atoms with Crippen molar-refractivity contribution in [1.29, 1.82) is 0 Å². The zero-order valence-electron chi connectivity index (χ0n) is 11.9. The Bertz CT molecular complexity index is 364. The van der Waals surface area contributed by atoms with E-state index in [-0.39, 0.29) is 0 Å². The molecule has 0 heterocycles. The molecule has 0 aromatic heterocycles. The van der Waals surface area contributed by atoms with E-state index in [9.17, 15) is 0 Å². The van der Waals surface area contributed by atoms with Gasteiger partial charge < -0.3 is 0 Å². The second-order valence-electron chi connectivity index (χ2n) is 5.63. The highest BCUT2D eigenvalue weighted by molar-refractivity contribution is 5.26. The molecule has 1 aromatic rings. The van der Waals surface area contributed by atoms with E-state index >= 15 is 0 Å². The van der Waals surface area contributed by atoms with Crippen molar-refractivity contribution in [3.8, 4) is 0 Å². The van der Waals surface area contributed by atoms with Gasteiger partial charge in [-0.05, 0) is 62.0 Å². The summed E-state index contributed by atoms with van der Waals surface area (Å²) < 4.78 is 0. The third-order valence-electron chi connectivity index (χ3n) is 4.23. The minimum absolute atomic E-state index is 0.808. The Kier molecular flexibility index (Phi) is 5.04. The highest BCUT2D eigenvalue weighted by atomic mass is 14.2. The van der Waals surface area contributed by atoms with E-state index in [2.05, 4.69) is 50.3 Å². The Morgan fingerprint density at radius 2 is 1.72 bits per heavy atom. The van der Waals surface area contributed by atoms with Crippen molar-refractivity contribution in [2.45, 2.75) is 58.3 Å². The molecule has 1 aliphatic carbocycles. The van der Waals surface area contributed by atoms with Gasteiger partial charge in [0.2, 0.25) is 0 Å². The molecule has 0 radical (unpaired) electrons. The van der Waals surface area contributed by atoms with Crippen LogP contribution in [-0.2, 0) is 6.42 Å². The van der Waals surface area contributed by atoms with E-state index in [4.69, 9.17) is 0 Å². The number of benzene rings is 1. The Hall–Kier alpha value is -1.04. The molecule has 1 aromatic carbocycles. The van der Waals surface area contributed by atoms with Gasteiger partial charge in [0.25, 0.3) is 0 Å². The summed E-state index contributed by atoms with van der Waals surface area (Å²) in [6.07, 6.45) is 12.5. The number of hydrogen-bond acceptors (Lipinski definition) is 0. The van der Waals surface area contributed by atoms with Crippen LogP contribution < -0.4 is 0 Å². The molecule has 0 unspecified atom stereocenters. The van der Waals surface area contributed by atoms with Gasteiger partial charge in [0.05, 0.1) is 0 Å². The quantitative estimate of drug-likeness (QED) is 0.612. The van der Waals surface area contributed by atoms with E-state index in [1.165, 1.54) is 44.1 Å². The molecule has 0 spiro atoms. The van der Waals surface area contributed by atoms with Crippen molar-refractivity contribution in [3.63, 3.8) is 0 Å². The summed E-state index contributed by atoms with van der Waals surface area (Å²) in [5, 5.41) is 0. The van der Waals surface area contributed by atoms with E-state index in [1.807, 2.05) is 0 Å². The predicted molar refractivity (Wildman–Crippen MR) is 80.0 cm³/mol. The summed E-state index contributed by atoms with van der Waals surface area (Å²) >= 11 is 0. The summed E-state index contributed by atoms with van der Waals surface area (Å²) in [6, 6.07) is 9.39. The number of rotatable bonds is 4. The van der Waals surface area contributed by atoms with Crippen molar-refractivity contribution in [2.75, 3.05) is 0 Å². The fourth-order valence-corrected chi connectivity index (χ4v) is 3.16. The maximum Gasteiger partial charge on any atom is -0.0162 e. The monoisotopic (exact) mass is 242 g/mol. The Morgan fingerprint density at radius 1 is 1.06 bits per heavy atom. The molecule has 0 atom stereocenters. The highest BCUT2D eigenvalue weighted by Gasteiger charge is 2.20. The van der Waals surface area contributed by atoms with Crippen molar-refractivity contribution >= 4 is 0 Å². The first-order valence-electron chi connectivity index (χ1n) is 7.55. The normalized spacial score (nSPS) is 24.6. The molecule has 1 aliphatic rings. The van der Waals surface area contributed by atoms with Crippen LogP contribution in [0.5, 0.6) is 0 Å². The third kappa shape index (κ3) is 3.48. The smallest absolute Gasteiger partial charge is 0.0162 e. The minimum atomic E-state index is 0.808. The fourth-order valence-electron chi connectivity index (χ4n) is 3.16. The first-order valence-corrected chi connectivity index (χ1v) is 7.55. The lowest BCUT2D eigenvalue weighted by molar-refractivity contribution is 0.375. The molecule has 1 saturated carbocycles. The van der Waals surface area contributed by atoms with Gasteiger partial charge in [0, 0.05) is 0 Å². The summed E-state index contributed by atoms with van der Waals surface area (Å²) in [6.45, 7) is 4.38. The first-order chi connectivity index (χ1) is 8.83. The van der Waals surface area contributed by atoms with Crippen LogP contribution in [0.4, 0.5) is 0 Å². The number of allylic oxidation sites excluding steroid dienone is 2. The second kappa shape index (κ2) is 6.78. The second-order valence-corrected chi connectivity index (χ2v) is 5.63. The van der Waals surface area contributed by atoms with Gasteiger partial charge in [-0.3, -0.25) is 0 Å². The van der Waals surface area contributed by atoms with E-state index in [0.29, 0.717) is 0 Å². The zero-order chi connectivity index (χ0) is 12.8. The van der Waals surface area contributed by atoms with E-state index in [1.54, 1.807) is 5.56 Å². The molecule has 0 heteroatoms. The molecule has 0 N–H and O–H groups in total. The summed E-state index contributed by atoms with van der Waals surface area (Å²) in [5.74, 6) is 1.65. The summed E-state index contributed by atoms with van der Waals surface area (Å²) in [7, 11) is 0. The molecule has 18 heavy (non-hydrogen) atoms. The highest BCUT2D eigenvalue weighted by Crippen LogP contribution is 2.36. The van der Waals surface area contributed by atoms with Crippen molar-refractivity contribution in [2.24, 2.45) is 5.92 Å². The molecule has 1 fully saturated rings. The van der Waals surface area contributed by atoms with Crippen LogP contribution in [0, 0.1) is 5.92 Å². The van der Waals surface area contributed by atoms with Crippen LogP contribution in [0.2, 0.25) is 0 Å². The van der Waals surface area contributed by atoms with Gasteiger partial charge in [-0.2, -0.15) is 0 Å². The molecule has 98 valence electrons. The van der Waals surface area contributed by atoms with Crippen LogP contribution in [0.3, 0.4) is 0 Å². The SMILES string of the molecule is C/C=C/C1CCC(c2ccc(CCC)cc2)CC1. The molecule has 2 rings (SSSR count). The molecule has 0 nitrogen and oxygen atoms in total. The van der Waals surface area contributed by atoms with Crippen LogP contribution in [0.15, 0.2) is 36.4 Å². The average Bonchev–Trinajstić information content (AvgIpc) is 2.41. The molecule has 0 amide bonds. The molecular formula is C18H26. The molecular weight excluding hydrogens is 216 g/mol. The van der Waals surface area contributed by atoms with Crippen molar-refractivity contribution in [1.82, 2.24) is 0 Å². The maximum atomic E-state index is 2.39. The van der Waals surface area contributed by atoms with Gasteiger partial charge in [-0.25, -0.2) is 0 Å². The first kappa shape index (κ1) is 13.4. The van der Waals surface area contributed by atoms with Gasteiger partial charge in [0.15, 0.2) is 0 Å². The summed E-state index contributed by atoms with van der Waals surface area (Å²) in [4.78, 5) is 0. The maximum absolute atomic E-state index is 2.39. The van der Waals surface area contributed by atoms with Gasteiger partial charge in [0.1, 0.15) is 0 Å². The lowest BCUT2D eigenvalue weighted by Gasteiger charge is -2.27. The van der Waals surface area contributed by atoms with Gasteiger partial charge in [-0.15, -0.1) is 0 Å². The molecule has 0 bridgehead atoms. The van der Waals surface area contributed by atoms with Crippen LogP contribution in [0.25, 0.3) is 0 Å². The van der Waals surface area contributed by atoms with E-state index < -0.39 is 0 Å². The standard InChI is InChI=1S/C18H26/c1-3-5-15-7-11-17(12-8-15)18-13-9-16(6-4-2)10-14-18/h3,5,9-10,13-15,17H,4,6-8,11-12H2,1-2H3/b5-3+. The molecule has 0 aliphatic heterocycles. The van der Waals surface area contributed by atoms with Crippen LogP contribution in [0.1, 0.15) is 63.0 Å². The lowest BCUT2D eigenvalue weighted by Crippen LogP contribution is -2.11. The number of aryl methyl sites for hydroxylation is 1. The lowest BCUT2D eigenvalue weighted by atomic mass is 9.78. The minimum Gasteiger partial charge on any atom is -0.0914 e. The largest absolute Gasteiger partial charge is 0.0914 e. The number of hydrogen-bond donors (Lipinski definition) is 0. The van der Waals surface area contributed by atoms with Gasteiger partial charge >= 0.3 is 0 Å². The van der Waals surface area contributed by atoms with E-state index in [0.717, 1.165) is 11.8 Å². The molecule has 0 saturated heterocycles. The average molecular weight is 242 g/mol. The summed E-state index contributed by atoms with van der Waals surface area (Å²) in [5.41, 5.74) is 3.05. The van der Waals surface area contributed by atoms with Crippen LogP contribution >= 0.6 is 0 Å². The Balaban J connectivity index is 1.92. The van der Waals surface area contributed by atoms with Gasteiger partial charge in [-0.1, -0.05) is 49.8 Å². The van der Waals surface area contributed by atoms with Crippen molar-refractivity contribution < 1.29 is 0 Å². The predicted octanol–water partition coefficient (Wildman–Crippen LogP) is 5.49. The topological polar surface area (TPSA) is 0 Å².